The fourth-order valence-corrected chi connectivity index (χ4v) is 1.43. The zero-order valence-corrected chi connectivity index (χ0v) is 8.64. The van der Waals surface area contributed by atoms with Gasteiger partial charge >= 0.3 is 0 Å². The quantitative estimate of drug-likeness (QED) is 0.803. The van der Waals surface area contributed by atoms with Crippen molar-refractivity contribution in [3.05, 3.63) is 47.9 Å². The van der Waals surface area contributed by atoms with E-state index in [0.29, 0.717) is 6.54 Å². The Balaban J connectivity index is 2.37. The molecule has 0 saturated carbocycles. The Morgan fingerprint density at radius 2 is 1.87 bits per heavy atom. The van der Waals surface area contributed by atoms with Gasteiger partial charge in [-0.05, 0) is 18.6 Å². The number of hydrogen-bond acceptors (Lipinski definition) is 3. The summed E-state index contributed by atoms with van der Waals surface area (Å²) in [5.41, 5.74) is 8.71. The van der Waals surface area contributed by atoms with Gasteiger partial charge in [0.05, 0.1) is 5.69 Å². The van der Waals surface area contributed by atoms with Crippen molar-refractivity contribution in [2.75, 3.05) is 0 Å². The topological polar surface area (TPSA) is 51.8 Å². The summed E-state index contributed by atoms with van der Waals surface area (Å²) in [4.78, 5) is 8.42. The van der Waals surface area contributed by atoms with Gasteiger partial charge in [-0.1, -0.05) is 24.3 Å². The summed E-state index contributed by atoms with van der Waals surface area (Å²) in [6.45, 7) is 2.46. The normalized spacial score (nSPS) is 10.3. The molecule has 2 aromatic rings. The smallest absolute Gasteiger partial charge is 0.125 e. The fourth-order valence-electron chi connectivity index (χ4n) is 1.43. The number of rotatable bonds is 2. The molecule has 0 unspecified atom stereocenters. The van der Waals surface area contributed by atoms with Crippen molar-refractivity contribution in [2.45, 2.75) is 13.5 Å². The Hall–Kier alpha value is -1.74. The second-order valence-corrected chi connectivity index (χ2v) is 3.39. The minimum Gasteiger partial charge on any atom is -0.326 e. The summed E-state index contributed by atoms with van der Waals surface area (Å²) in [6.07, 6.45) is 1.77. The van der Waals surface area contributed by atoms with Gasteiger partial charge in [-0.2, -0.15) is 0 Å². The molecule has 15 heavy (non-hydrogen) atoms. The highest BCUT2D eigenvalue weighted by Gasteiger charge is 1.99. The van der Waals surface area contributed by atoms with E-state index in [9.17, 15) is 0 Å². The summed E-state index contributed by atoms with van der Waals surface area (Å²) in [7, 11) is 0. The summed E-state index contributed by atoms with van der Waals surface area (Å²) >= 11 is 0. The summed E-state index contributed by atoms with van der Waals surface area (Å²) in [5, 5.41) is 0. The van der Waals surface area contributed by atoms with Crippen molar-refractivity contribution in [1.29, 1.82) is 0 Å². The molecule has 1 aromatic heterocycles. The van der Waals surface area contributed by atoms with Gasteiger partial charge in [-0.3, -0.25) is 0 Å². The van der Waals surface area contributed by atoms with E-state index < -0.39 is 0 Å². The zero-order chi connectivity index (χ0) is 10.7. The molecule has 76 valence electrons. The lowest BCUT2D eigenvalue weighted by molar-refractivity contribution is 1.05. The molecule has 2 N–H and O–H groups in total. The SMILES string of the molecule is Cc1nccc(-c2ccc(CN)cc2)n1. The number of nitrogens with two attached hydrogens (primary N) is 1. The molecular weight excluding hydrogens is 186 g/mol. The third kappa shape index (κ3) is 2.19. The lowest BCUT2D eigenvalue weighted by Gasteiger charge is -2.02. The van der Waals surface area contributed by atoms with Gasteiger partial charge in [0.2, 0.25) is 0 Å². The summed E-state index contributed by atoms with van der Waals surface area (Å²) in [6, 6.07) is 10.0. The van der Waals surface area contributed by atoms with Crippen LogP contribution >= 0.6 is 0 Å². The van der Waals surface area contributed by atoms with Crippen molar-refractivity contribution in [3.8, 4) is 11.3 Å². The maximum atomic E-state index is 5.54. The van der Waals surface area contributed by atoms with E-state index >= 15 is 0 Å². The van der Waals surface area contributed by atoms with Crippen molar-refractivity contribution in [3.63, 3.8) is 0 Å². The third-order valence-corrected chi connectivity index (χ3v) is 2.26. The lowest BCUT2D eigenvalue weighted by atomic mass is 10.1. The summed E-state index contributed by atoms with van der Waals surface area (Å²) in [5.74, 6) is 0.787. The molecule has 0 spiro atoms. The molecule has 0 aliphatic heterocycles. The molecule has 0 fully saturated rings. The van der Waals surface area contributed by atoms with E-state index in [1.165, 1.54) is 0 Å². The van der Waals surface area contributed by atoms with Crippen LogP contribution in [0.5, 0.6) is 0 Å². The van der Waals surface area contributed by atoms with Crippen LogP contribution in [0.3, 0.4) is 0 Å². The largest absolute Gasteiger partial charge is 0.326 e. The highest BCUT2D eigenvalue weighted by atomic mass is 14.9. The maximum Gasteiger partial charge on any atom is 0.125 e. The second kappa shape index (κ2) is 4.19. The van der Waals surface area contributed by atoms with Gasteiger partial charge in [-0.15, -0.1) is 0 Å². The number of nitrogens with zero attached hydrogens (tertiary/aromatic N) is 2. The number of aromatic nitrogens is 2. The van der Waals surface area contributed by atoms with Crippen molar-refractivity contribution < 1.29 is 0 Å². The Morgan fingerprint density at radius 1 is 1.13 bits per heavy atom. The summed E-state index contributed by atoms with van der Waals surface area (Å²) < 4.78 is 0. The predicted molar refractivity (Wildman–Crippen MR) is 60.1 cm³/mol. The monoisotopic (exact) mass is 199 g/mol. The lowest BCUT2D eigenvalue weighted by Crippen LogP contribution is -1.95. The van der Waals surface area contributed by atoms with E-state index in [0.717, 1.165) is 22.6 Å². The highest BCUT2D eigenvalue weighted by molar-refractivity contribution is 5.58. The Kier molecular flexibility index (Phi) is 2.74. The molecule has 3 nitrogen and oxygen atoms in total. The Bertz CT molecular complexity index is 449. The van der Waals surface area contributed by atoms with Crippen LogP contribution in [0.15, 0.2) is 36.5 Å². The van der Waals surface area contributed by atoms with E-state index in [4.69, 9.17) is 5.73 Å². The van der Waals surface area contributed by atoms with Crippen LogP contribution in [0.4, 0.5) is 0 Å². The van der Waals surface area contributed by atoms with Crippen LogP contribution in [0, 0.1) is 6.92 Å². The van der Waals surface area contributed by atoms with Crippen molar-refractivity contribution in [2.24, 2.45) is 5.73 Å². The minimum atomic E-state index is 0.573. The van der Waals surface area contributed by atoms with Crippen molar-refractivity contribution in [1.82, 2.24) is 9.97 Å². The van der Waals surface area contributed by atoms with Gasteiger partial charge in [-0.25, -0.2) is 9.97 Å². The number of hydrogen-bond donors (Lipinski definition) is 1. The molecule has 0 bridgehead atoms. The molecule has 1 aromatic carbocycles. The standard InChI is InChI=1S/C12H13N3/c1-9-14-7-6-12(15-9)11-4-2-10(8-13)3-5-11/h2-7H,8,13H2,1H3. The molecular formula is C12H13N3. The van der Waals surface area contributed by atoms with Crippen LogP contribution in [0.1, 0.15) is 11.4 Å². The molecule has 0 radical (unpaired) electrons. The van der Waals surface area contributed by atoms with Crippen LogP contribution in [-0.2, 0) is 6.54 Å². The molecule has 0 aliphatic carbocycles. The van der Waals surface area contributed by atoms with Crippen LogP contribution in [0.25, 0.3) is 11.3 Å². The van der Waals surface area contributed by atoms with E-state index in [-0.39, 0.29) is 0 Å². The fraction of sp³-hybridized carbons (Fsp3) is 0.167. The van der Waals surface area contributed by atoms with Gasteiger partial charge < -0.3 is 5.73 Å². The predicted octanol–water partition coefficient (Wildman–Crippen LogP) is 1.91. The molecule has 0 saturated heterocycles. The molecule has 1 heterocycles. The van der Waals surface area contributed by atoms with Crippen LogP contribution < -0.4 is 5.73 Å². The third-order valence-electron chi connectivity index (χ3n) is 2.26. The molecule has 0 atom stereocenters. The molecule has 3 heteroatoms. The first-order valence-electron chi connectivity index (χ1n) is 4.88. The average Bonchev–Trinajstić information content (AvgIpc) is 2.29. The number of benzene rings is 1. The van der Waals surface area contributed by atoms with Crippen LogP contribution in [0.2, 0.25) is 0 Å². The van der Waals surface area contributed by atoms with E-state index in [1.807, 2.05) is 37.3 Å². The number of aryl methyl sites for hydroxylation is 1. The van der Waals surface area contributed by atoms with Gasteiger partial charge in [0.25, 0.3) is 0 Å². The molecule has 0 aliphatic rings. The Morgan fingerprint density at radius 3 is 2.47 bits per heavy atom. The second-order valence-electron chi connectivity index (χ2n) is 3.39. The van der Waals surface area contributed by atoms with Gasteiger partial charge in [0.15, 0.2) is 0 Å². The first kappa shape index (κ1) is 9.80. The van der Waals surface area contributed by atoms with Gasteiger partial charge in [0, 0.05) is 18.3 Å². The van der Waals surface area contributed by atoms with Gasteiger partial charge in [0.1, 0.15) is 5.82 Å². The van der Waals surface area contributed by atoms with Crippen LogP contribution in [-0.4, -0.2) is 9.97 Å². The molecule has 2 rings (SSSR count). The molecule has 0 amide bonds. The zero-order valence-electron chi connectivity index (χ0n) is 8.64. The van der Waals surface area contributed by atoms with E-state index in [2.05, 4.69) is 9.97 Å². The van der Waals surface area contributed by atoms with Crippen molar-refractivity contribution >= 4 is 0 Å². The maximum absolute atomic E-state index is 5.54. The first-order chi connectivity index (χ1) is 7.29. The minimum absolute atomic E-state index is 0.573. The average molecular weight is 199 g/mol. The first-order valence-corrected chi connectivity index (χ1v) is 4.88. The van der Waals surface area contributed by atoms with E-state index in [1.54, 1.807) is 6.20 Å². The Labute approximate surface area is 89.0 Å². The highest BCUT2D eigenvalue weighted by Crippen LogP contribution is 2.16.